The predicted molar refractivity (Wildman–Crippen MR) is 51.7 cm³/mol. The third-order valence-corrected chi connectivity index (χ3v) is 2.19. The van der Waals surface area contributed by atoms with E-state index >= 15 is 0 Å². The number of alkyl halides is 1. The van der Waals surface area contributed by atoms with Crippen LogP contribution in [0, 0.1) is 0 Å². The molecule has 0 bridgehead atoms. The SMILES string of the molecule is NC(=O)Cc1cncc(Cl)c1CCl. The van der Waals surface area contributed by atoms with Crippen molar-refractivity contribution < 1.29 is 4.79 Å². The van der Waals surface area contributed by atoms with Crippen LogP contribution >= 0.6 is 23.2 Å². The molecule has 1 aromatic heterocycles. The number of hydrogen-bond donors (Lipinski definition) is 1. The van der Waals surface area contributed by atoms with Crippen LogP contribution in [0.2, 0.25) is 5.02 Å². The van der Waals surface area contributed by atoms with E-state index in [1.54, 1.807) is 6.20 Å². The second-order valence-electron chi connectivity index (χ2n) is 2.54. The minimum atomic E-state index is -0.421. The van der Waals surface area contributed by atoms with Crippen molar-refractivity contribution in [2.75, 3.05) is 0 Å². The van der Waals surface area contributed by atoms with Crippen LogP contribution in [0.15, 0.2) is 12.4 Å². The van der Waals surface area contributed by atoms with Crippen LogP contribution in [-0.2, 0) is 17.1 Å². The zero-order valence-electron chi connectivity index (χ0n) is 6.76. The average molecular weight is 219 g/mol. The molecule has 0 fully saturated rings. The number of hydrogen-bond acceptors (Lipinski definition) is 2. The fraction of sp³-hybridized carbons (Fsp3) is 0.250. The van der Waals surface area contributed by atoms with Crippen molar-refractivity contribution in [2.45, 2.75) is 12.3 Å². The molecule has 13 heavy (non-hydrogen) atoms. The van der Waals surface area contributed by atoms with Gasteiger partial charge in [-0.05, 0) is 11.1 Å². The Bertz CT molecular complexity index is 328. The molecule has 0 atom stereocenters. The standard InChI is InChI=1S/C8H8Cl2N2O/c9-2-6-5(1-8(11)13)3-12-4-7(6)10/h3-4H,1-2H2,(H2,11,13). The molecule has 0 aromatic carbocycles. The van der Waals surface area contributed by atoms with E-state index in [1.807, 2.05) is 0 Å². The highest BCUT2D eigenvalue weighted by Gasteiger charge is 2.08. The number of rotatable bonds is 3. The van der Waals surface area contributed by atoms with Crippen molar-refractivity contribution in [1.29, 1.82) is 0 Å². The third-order valence-electron chi connectivity index (χ3n) is 1.59. The maximum Gasteiger partial charge on any atom is 0.221 e. The summed E-state index contributed by atoms with van der Waals surface area (Å²) in [4.78, 5) is 14.5. The quantitative estimate of drug-likeness (QED) is 0.783. The maximum absolute atomic E-state index is 10.7. The average Bonchev–Trinajstić information content (AvgIpc) is 2.03. The Balaban J connectivity index is 3.05. The summed E-state index contributed by atoms with van der Waals surface area (Å²) < 4.78 is 0. The summed E-state index contributed by atoms with van der Waals surface area (Å²) >= 11 is 11.5. The van der Waals surface area contributed by atoms with Crippen molar-refractivity contribution in [2.24, 2.45) is 5.73 Å². The fourth-order valence-electron chi connectivity index (χ4n) is 0.992. The van der Waals surface area contributed by atoms with E-state index in [2.05, 4.69) is 4.98 Å². The van der Waals surface area contributed by atoms with Gasteiger partial charge in [-0.3, -0.25) is 9.78 Å². The highest BCUT2D eigenvalue weighted by atomic mass is 35.5. The number of pyridine rings is 1. The second-order valence-corrected chi connectivity index (χ2v) is 3.21. The molecule has 0 unspecified atom stereocenters. The Morgan fingerprint density at radius 3 is 2.77 bits per heavy atom. The summed E-state index contributed by atoms with van der Waals surface area (Å²) in [6, 6.07) is 0. The molecule has 1 heterocycles. The molecule has 0 aliphatic heterocycles. The first-order chi connectivity index (χ1) is 6.15. The Hall–Kier alpha value is -0.800. The molecule has 3 nitrogen and oxygen atoms in total. The van der Waals surface area contributed by atoms with E-state index in [0.29, 0.717) is 10.6 Å². The number of primary amides is 1. The zero-order valence-corrected chi connectivity index (χ0v) is 8.27. The number of aromatic nitrogens is 1. The summed E-state index contributed by atoms with van der Waals surface area (Å²) in [5.41, 5.74) is 6.45. The molecule has 2 N–H and O–H groups in total. The summed E-state index contributed by atoms with van der Waals surface area (Å²) in [5, 5.41) is 0.466. The highest BCUT2D eigenvalue weighted by molar-refractivity contribution is 6.32. The molecule has 5 heteroatoms. The molecule has 1 amide bonds. The Kier molecular flexibility index (Phi) is 3.51. The van der Waals surface area contributed by atoms with E-state index < -0.39 is 5.91 Å². The number of nitrogens with zero attached hydrogens (tertiary/aromatic N) is 1. The molecule has 0 saturated heterocycles. The van der Waals surface area contributed by atoms with Gasteiger partial charge in [-0.15, -0.1) is 11.6 Å². The van der Waals surface area contributed by atoms with Gasteiger partial charge in [-0.2, -0.15) is 0 Å². The van der Waals surface area contributed by atoms with Gasteiger partial charge in [0.15, 0.2) is 0 Å². The lowest BCUT2D eigenvalue weighted by molar-refractivity contribution is -0.117. The van der Waals surface area contributed by atoms with Gasteiger partial charge in [0.2, 0.25) is 5.91 Å². The van der Waals surface area contributed by atoms with Crippen molar-refractivity contribution in [3.8, 4) is 0 Å². The van der Waals surface area contributed by atoms with Crippen LogP contribution in [0.5, 0.6) is 0 Å². The molecule has 0 aliphatic carbocycles. The van der Waals surface area contributed by atoms with Gasteiger partial charge in [0.25, 0.3) is 0 Å². The Morgan fingerprint density at radius 1 is 1.54 bits per heavy atom. The molecule has 0 radical (unpaired) electrons. The lowest BCUT2D eigenvalue weighted by atomic mass is 10.1. The van der Waals surface area contributed by atoms with Gasteiger partial charge < -0.3 is 5.73 Å². The topological polar surface area (TPSA) is 56.0 Å². The van der Waals surface area contributed by atoms with Gasteiger partial charge in [0.05, 0.1) is 11.4 Å². The highest BCUT2D eigenvalue weighted by Crippen LogP contribution is 2.20. The minimum Gasteiger partial charge on any atom is -0.369 e. The lowest BCUT2D eigenvalue weighted by Crippen LogP contribution is -2.15. The monoisotopic (exact) mass is 218 g/mol. The fourth-order valence-corrected chi connectivity index (χ4v) is 1.62. The van der Waals surface area contributed by atoms with Gasteiger partial charge in [0.1, 0.15) is 0 Å². The smallest absolute Gasteiger partial charge is 0.221 e. The molecular formula is C8H8Cl2N2O. The summed E-state index contributed by atoms with van der Waals surface area (Å²) in [5.74, 6) is -0.167. The number of amides is 1. The zero-order chi connectivity index (χ0) is 9.84. The Morgan fingerprint density at radius 2 is 2.23 bits per heavy atom. The van der Waals surface area contributed by atoms with Crippen LogP contribution < -0.4 is 5.73 Å². The van der Waals surface area contributed by atoms with E-state index in [9.17, 15) is 4.79 Å². The van der Waals surface area contributed by atoms with Crippen molar-refractivity contribution in [1.82, 2.24) is 4.98 Å². The predicted octanol–water partition coefficient (Wildman–Crippen LogP) is 1.50. The molecule has 0 spiro atoms. The van der Waals surface area contributed by atoms with Crippen LogP contribution in [0.1, 0.15) is 11.1 Å². The third kappa shape index (κ3) is 2.57. The Labute approximate surface area is 85.9 Å². The second kappa shape index (κ2) is 4.44. The molecule has 0 aliphatic rings. The summed E-state index contributed by atoms with van der Waals surface area (Å²) in [7, 11) is 0. The van der Waals surface area contributed by atoms with E-state index in [-0.39, 0.29) is 12.3 Å². The number of carbonyl (C=O) groups is 1. The maximum atomic E-state index is 10.7. The largest absolute Gasteiger partial charge is 0.369 e. The van der Waals surface area contributed by atoms with E-state index in [0.717, 1.165) is 5.56 Å². The van der Waals surface area contributed by atoms with Crippen LogP contribution in [-0.4, -0.2) is 10.9 Å². The normalized spacial score (nSPS) is 10.0. The van der Waals surface area contributed by atoms with Gasteiger partial charge in [-0.1, -0.05) is 11.6 Å². The first kappa shape index (κ1) is 10.3. The lowest BCUT2D eigenvalue weighted by Gasteiger charge is -2.05. The van der Waals surface area contributed by atoms with Crippen LogP contribution in [0.4, 0.5) is 0 Å². The number of halogens is 2. The molecule has 0 saturated carbocycles. The van der Waals surface area contributed by atoms with Crippen LogP contribution in [0.25, 0.3) is 0 Å². The van der Waals surface area contributed by atoms with Crippen molar-refractivity contribution >= 4 is 29.1 Å². The van der Waals surface area contributed by atoms with Crippen molar-refractivity contribution in [3.63, 3.8) is 0 Å². The summed E-state index contributed by atoms with van der Waals surface area (Å²) in [6.07, 6.45) is 3.16. The van der Waals surface area contributed by atoms with Gasteiger partial charge in [-0.25, -0.2) is 0 Å². The molecule has 70 valence electrons. The first-order valence-corrected chi connectivity index (χ1v) is 4.52. The number of carbonyl (C=O) groups excluding carboxylic acids is 1. The first-order valence-electron chi connectivity index (χ1n) is 3.60. The number of nitrogens with two attached hydrogens (primary N) is 1. The molecule has 1 aromatic rings. The van der Waals surface area contributed by atoms with Crippen LogP contribution in [0.3, 0.4) is 0 Å². The van der Waals surface area contributed by atoms with Gasteiger partial charge in [0, 0.05) is 18.3 Å². The van der Waals surface area contributed by atoms with Gasteiger partial charge >= 0.3 is 0 Å². The molecular weight excluding hydrogens is 211 g/mol. The molecule has 1 rings (SSSR count). The van der Waals surface area contributed by atoms with Crippen molar-refractivity contribution in [3.05, 3.63) is 28.5 Å². The minimum absolute atomic E-state index is 0.121. The van der Waals surface area contributed by atoms with E-state index in [1.165, 1.54) is 6.20 Å². The summed E-state index contributed by atoms with van der Waals surface area (Å²) in [6.45, 7) is 0. The van der Waals surface area contributed by atoms with E-state index in [4.69, 9.17) is 28.9 Å².